The number of nitrogens with zero attached hydrogens (tertiary/aromatic N) is 3. The fourth-order valence-corrected chi connectivity index (χ4v) is 5.31. The third-order valence-corrected chi connectivity index (χ3v) is 7.38. The summed E-state index contributed by atoms with van der Waals surface area (Å²) in [6.45, 7) is 4.67. The molecule has 7 nitrogen and oxygen atoms in total. The van der Waals surface area contributed by atoms with Gasteiger partial charge in [-0.2, -0.15) is 0 Å². The fraction of sp³-hybridized carbons (Fsp3) is 0.357. The van der Waals surface area contributed by atoms with Crippen molar-refractivity contribution in [3.63, 3.8) is 0 Å². The normalized spacial score (nSPS) is 18.3. The molecule has 0 radical (unpaired) electrons. The molecule has 1 aromatic heterocycles. The van der Waals surface area contributed by atoms with Gasteiger partial charge < -0.3 is 16.0 Å². The van der Waals surface area contributed by atoms with Crippen molar-refractivity contribution in [1.29, 1.82) is 0 Å². The quantitative estimate of drug-likeness (QED) is 0.522. The minimum absolute atomic E-state index is 0.133. The molecule has 2 fully saturated rings. The zero-order valence-corrected chi connectivity index (χ0v) is 20.3. The molecule has 1 aliphatic heterocycles. The van der Waals surface area contributed by atoms with Crippen LogP contribution in [-0.2, 0) is 11.3 Å². The van der Waals surface area contributed by atoms with Gasteiger partial charge in [0.2, 0.25) is 0 Å². The molecule has 1 saturated heterocycles. The zero-order chi connectivity index (χ0) is 24.6. The topological polar surface area (TPSA) is 101 Å². The van der Waals surface area contributed by atoms with Crippen molar-refractivity contribution < 1.29 is 9.59 Å². The van der Waals surface area contributed by atoms with Crippen LogP contribution in [0.15, 0.2) is 54.6 Å². The van der Waals surface area contributed by atoms with E-state index in [9.17, 15) is 9.59 Å². The predicted molar refractivity (Wildman–Crippen MR) is 137 cm³/mol. The lowest BCUT2D eigenvalue weighted by atomic mass is 9.67. The van der Waals surface area contributed by atoms with Gasteiger partial charge in [0.15, 0.2) is 5.78 Å². The van der Waals surface area contributed by atoms with Gasteiger partial charge in [-0.15, -0.1) is 0 Å². The molecule has 2 aliphatic rings. The lowest BCUT2D eigenvalue weighted by Gasteiger charge is -2.38. The average molecular weight is 470 g/mol. The molecular weight excluding hydrogens is 438 g/mol. The van der Waals surface area contributed by atoms with E-state index in [1.807, 2.05) is 61.5 Å². The molecule has 3 aromatic rings. The molecule has 0 bridgehead atoms. The van der Waals surface area contributed by atoms with Crippen molar-refractivity contribution in [1.82, 2.24) is 15.3 Å². The van der Waals surface area contributed by atoms with E-state index in [1.165, 1.54) is 19.3 Å². The number of nitrogens with one attached hydrogen (secondary N) is 1. The molecular formula is C28H31N5O2. The van der Waals surface area contributed by atoms with Gasteiger partial charge in [-0.3, -0.25) is 9.59 Å². The summed E-state index contributed by atoms with van der Waals surface area (Å²) in [7, 11) is 0. The Bertz CT molecular complexity index is 1250. The number of benzene rings is 2. The van der Waals surface area contributed by atoms with E-state index in [0.29, 0.717) is 17.9 Å². The summed E-state index contributed by atoms with van der Waals surface area (Å²) >= 11 is 0. The molecule has 3 N–H and O–H groups in total. The fourth-order valence-electron chi connectivity index (χ4n) is 5.31. The highest BCUT2D eigenvalue weighted by molar-refractivity contribution is 5.94. The number of aryl methyl sites for hydroxylation is 1. The number of Topliss-reactive ketones (excluding diaryl/α,β-unsaturated/α-hetero) is 1. The second-order valence-electron chi connectivity index (χ2n) is 9.96. The minimum Gasteiger partial charge on any atom is -0.399 e. The molecule has 1 unspecified atom stereocenters. The Labute approximate surface area is 205 Å². The Hall–Kier alpha value is -3.74. The monoisotopic (exact) mass is 469 g/mol. The third kappa shape index (κ3) is 4.76. The second kappa shape index (κ2) is 9.13. The molecule has 1 aliphatic carbocycles. The summed E-state index contributed by atoms with van der Waals surface area (Å²) in [5.74, 6) is 1.43. The summed E-state index contributed by atoms with van der Waals surface area (Å²) < 4.78 is 0. The van der Waals surface area contributed by atoms with Crippen LogP contribution < -0.4 is 16.0 Å². The van der Waals surface area contributed by atoms with Crippen molar-refractivity contribution in [3.05, 3.63) is 71.7 Å². The summed E-state index contributed by atoms with van der Waals surface area (Å²) in [5, 5.41) is 2.97. The number of amides is 1. The Morgan fingerprint density at radius 3 is 2.31 bits per heavy atom. The number of hydrogen-bond donors (Lipinski definition) is 2. The van der Waals surface area contributed by atoms with Gasteiger partial charge in [0, 0.05) is 23.9 Å². The maximum atomic E-state index is 12.8. The molecule has 1 saturated carbocycles. The maximum absolute atomic E-state index is 12.8. The van der Waals surface area contributed by atoms with Crippen LogP contribution in [0.2, 0.25) is 0 Å². The van der Waals surface area contributed by atoms with Gasteiger partial charge in [-0.1, -0.05) is 30.7 Å². The lowest BCUT2D eigenvalue weighted by molar-refractivity contribution is -0.118. The molecule has 1 atom stereocenters. The van der Waals surface area contributed by atoms with Crippen molar-refractivity contribution in [2.45, 2.75) is 52.1 Å². The number of aromatic nitrogens is 2. The number of ketones is 1. The molecule has 5 rings (SSSR count). The SMILES string of the molecule is CC(=O)C1CC2(CCC2)CN1c1cc(CNC(=O)c2ccc(-c3ccc(N)cc3)cc2)nc(C)n1. The third-order valence-electron chi connectivity index (χ3n) is 7.38. The van der Waals surface area contributed by atoms with E-state index >= 15 is 0 Å². The summed E-state index contributed by atoms with van der Waals surface area (Å²) in [6, 6.07) is 16.9. The largest absolute Gasteiger partial charge is 0.399 e. The number of nitrogens with two attached hydrogens (primary N) is 1. The highest BCUT2D eigenvalue weighted by Gasteiger charge is 2.49. The molecule has 35 heavy (non-hydrogen) atoms. The van der Waals surface area contributed by atoms with Gasteiger partial charge in [0.1, 0.15) is 11.6 Å². The lowest BCUT2D eigenvalue weighted by Crippen LogP contribution is -2.37. The highest BCUT2D eigenvalue weighted by Crippen LogP contribution is 2.51. The standard InChI is InChI=1S/C28H31N5O2/c1-18(34)25-15-28(12-3-13-28)17-33(25)26-14-24(31-19(2)32-26)16-30-27(35)22-6-4-20(5-7-22)21-8-10-23(29)11-9-21/h4-11,14,25H,3,12-13,15-17,29H2,1-2H3,(H,30,35). The van der Waals surface area contributed by atoms with Gasteiger partial charge in [-0.25, -0.2) is 9.97 Å². The Balaban J connectivity index is 1.27. The van der Waals surface area contributed by atoms with Crippen LogP contribution in [0, 0.1) is 12.3 Å². The molecule has 2 heterocycles. The number of anilines is 2. The number of rotatable bonds is 6. The first kappa shape index (κ1) is 23.0. The Kier molecular flexibility index (Phi) is 6.01. The van der Waals surface area contributed by atoms with Crippen molar-refractivity contribution in [3.8, 4) is 11.1 Å². The zero-order valence-electron chi connectivity index (χ0n) is 20.3. The van der Waals surface area contributed by atoms with Gasteiger partial charge >= 0.3 is 0 Å². The van der Waals surface area contributed by atoms with Crippen LogP contribution >= 0.6 is 0 Å². The van der Waals surface area contributed by atoms with Crippen molar-refractivity contribution in [2.75, 3.05) is 17.2 Å². The number of nitrogen functional groups attached to an aromatic ring is 1. The van der Waals surface area contributed by atoms with E-state index in [2.05, 4.69) is 20.2 Å². The van der Waals surface area contributed by atoms with Crippen LogP contribution in [0.25, 0.3) is 11.1 Å². The molecule has 2 aromatic carbocycles. The average Bonchev–Trinajstić information content (AvgIpc) is 3.26. The first-order chi connectivity index (χ1) is 16.8. The van der Waals surface area contributed by atoms with E-state index in [1.54, 1.807) is 6.92 Å². The Morgan fingerprint density at radius 1 is 1.06 bits per heavy atom. The smallest absolute Gasteiger partial charge is 0.251 e. The number of hydrogen-bond acceptors (Lipinski definition) is 6. The van der Waals surface area contributed by atoms with E-state index in [0.717, 1.165) is 41.3 Å². The number of carbonyl (C=O) groups is 2. The van der Waals surface area contributed by atoms with Crippen LogP contribution in [0.1, 0.15) is 54.5 Å². The van der Waals surface area contributed by atoms with Crippen LogP contribution in [0.4, 0.5) is 11.5 Å². The molecule has 1 amide bonds. The van der Waals surface area contributed by atoms with Gasteiger partial charge in [-0.05, 0) is 73.9 Å². The summed E-state index contributed by atoms with van der Waals surface area (Å²) in [4.78, 5) is 36.5. The number of carbonyl (C=O) groups excluding carboxylic acids is 2. The van der Waals surface area contributed by atoms with Crippen molar-refractivity contribution in [2.24, 2.45) is 5.41 Å². The first-order valence-electron chi connectivity index (χ1n) is 12.2. The summed E-state index contributed by atoms with van der Waals surface area (Å²) in [5.41, 5.74) is 10.1. The molecule has 7 heteroatoms. The van der Waals surface area contributed by atoms with E-state index in [4.69, 9.17) is 5.73 Å². The Morgan fingerprint density at radius 2 is 1.71 bits per heavy atom. The van der Waals surface area contributed by atoms with E-state index < -0.39 is 0 Å². The predicted octanol–water partition coefficient (Wildman–Crippen LogP) is 4.30. The van der Waals surface area contributed by atoms with Crippen LogP contribution in [0.5, 0.6) is 0 Å². The highest BCUT2D eigenvalue weighted by atomic mass is 16.1. The first-order valence-corrected chi connectivity index (χ1v) is 12.2. The van der Waals surface area contributed by atoms with Gasteiger partial charge in [0.05, 0.1) is 18.3 Å². The van der Waals surface area contributed by atoms with Gasteiger partial charge in [0.25, 0.3) is 5.91 Å². The van der Waals surface area contributed by atoms with Crippen LogP contribution in [-0.4, -0.2) is 34.2 Å². The maximum Gasteiger partial charge on any atom is 0.251 e. The summed E-state index contributed by atoms with van der Waals surface area (Å²) in [6.07, 6.45) is 4.50. The molecule has 1 spiro atoms. The van der Waals surface area contributed by atoms with Crippen LogP contribution in [0.3, 0.4) is 0 Å². The van der Waals surface area contributed by atoms with Crippen molar-refractivity contribution >= 4 is 23.2 Å². The minimum atomic E-state index is -0.164. The van der Waals surface area contributed by atoms with E-state index in [-0.39, 0.29) is 23.1 Å². The second-order valence-corrected chi connectivity index (χ2v) is 9.96. The molecule has 180 valence electrons.